The maximum absolute atomic E-state index is 6.32. The van der Waals surface area contributed by atoms with Crippen molar-refractivity contribution in [1.82, 2.24) is 0 Å². The molecule has 0 bridgehead atoms. The van der Waals surface area contributed by atoms with E-state index in [1.54, 1.807) is 7.11 Å². The number of benzene rings is 1. The number of hydrogen-bond acceptors (Lipinski definition) is 1. The first-order valence-electron chi connectivity index (χ1n) is 6.55. The van der Waals surface area contributed by atoms with Gasteiger partial charge in [-0.2, -0.15) is 0 Å². The molecule has 2 heteroatoms. The van der Waals surface area contributed by atoms with Crippen LogP contribution < -0.4 is 4.74 Å². The van der Waals surface area contributed by atoms with E-state index in [0.717, 1.165) is 18.1 Å². The van der Waals surface area contributed by atoms with Gasteiger partial charge in [0.1, 0.15) is 5.75 Å². The molecule has 1 saturated carbocycles. The number of ether oxygens (including phenoxy) is 1. The SMILES string of the molecule is COc1cccc(CC2CCCCC(Cl)C2)c1. The second-order valence-electron chi connectivity index (χ2n) is 5.04. The molecule has 94 valence electrons. The Bertz CT molecular complexity index is 351. The highest BCUT2D eigenvalue weighted by atomic mass is 35.5. The predicted molar refractivity (Wildman–Crippen MR) is 72.9 cm³/mol. The number of rotatable bonds is 3. The van der Waals surface area contributed by atoms with Crippen LogP contribution in [0.2, 0.25) is 0 Å². The molecule has 17 heavy (non-hydrogen) atoms. The first-order chi connectivity index (χ1) is 8.28. The minimum atomic E-state index is 0.383. The van der Waals surface area contributed by atoms with Crippen LogP contribution in [0.3, 0.4) is 0 Å². The van der Waals surface area contributed by atoms with Gasteiger partial charge in [-0.15, -0.1) is 11.6 Å². The van der Waals surface area contributed by atoms with Gasteiger partial charge in [-0.3, -0.25) is 0 Å². The van der Waals surface area contributed by atoms with Gasteiger partial charge < -0.3 is 4.74 Å². The van der Waals surface area contributed by atoms with Crippen molar-refractivity contribution < 1.29 is 4.74 Å². The highest BCUT2D eigenvalue weighted by Crippen LogP contribution is 2.29. The lowest BCUT2D eigenvalue weighted by atomic mass is 9.92. The standard InChI is InChI=1S/C15H21ClO/c1-17-15-8-4-6-13(11-15)9-12-5-2-3-7-14(16)10-12/h4,6,8,11-12,14H,2-3,5,7,9-10H2,1H3. The van der Waals surface area contributed by atoms with Crippen molar-refractivity contribution in [3.05, 3.63) is 29.8 Å². The summed E-state index contributed by atoms with van der Waals surface area (Å²) in [5, 5.41) is 0.383. The van der Waals surface area contributed by atoms with E-state index in [9.17, 15) is 0 Å². The Morgan fingerprint density at radius 2 is 2.12 bits per heavy atom. The van der Waals surface area contributed by atoms with Crippen molar-refractivity contribution in [3.63, 3.8) is 0 Å². The summed E-state index contributed by atoms with van der Waals surface area (Å²) in [5.41, 5.74) is 1.38. The molecule has 0 aromatic heterocycles. The Kier molecular flexibility index (Phi) is 4.73. The third-order valence-electron chi connectivity index (χ3n) is 3.63. The molecule has 2 atom stereocenters. The molecule has 0 N–H and O–H groups in total. The number of alkyl halides is 1. The second-order valence-corrected chi connectivity index (χ2v) is 5.66. The Morgan fingerprint density at radius 3 is 2.94 bits per heavy atom. The van der Waals surface area contributed by atoms with E-state index >= 15 is 0 Å². The van der Waals surface area contributed by atoms with Crippen molar-refractivity contribution in [2.75, 3.05) is 7.11 Å². The highest BCUT2D eigenvalue weighted by molar-refractivity contribution is 6.20. The van der Waals surface area contributed by atoms with Gasteiger partial charge in [0.25, 0.3) is 0 Å². The van der Waals surface area contributed by atoms with E-state index < -0.39 is 0 Å². The van der Waals surface area contributed by atoms with Gasteiger partial charge >= 0.3 is 0 Å². The molecule has 0 amide bonds. The minimum absolute atomic E-state index is 0.383. The molecule has 1 nitrogen and oxygen atoms in total. The lowest BCUT2D eigenvalue weighted by Crippen LogP contribution is -2.08. The van der Waals surface area contributed by atoms with Crippen LogP contribution in [-0.4, -0.2) is 12.5 Å². The monoisotopic (exact) mass is 252 g/mol. The normalized spacial score (nSPS) is 25.3. The summed E-state index contributed by atoms with van der Waals surface area (Å²) < 4.78 is 5.26. The van der Waals surface area contributed by atoms with Gasteiger partial charge in [0.05, 0.1) is 7.11 Å². The first-order valence-corrected chi connectivity index (χ1v) is 6.98. The fraction of sp³-hybridized carbons (Fsp3) is 0.600. The molecule has 0 spiro atoms. The molecule has 1 aliphatic rings. The molecule has 1 aromatic carbocycles. The summed E-state index contributed by atoms with van der Waals surface area (Å²) >= 11 is 6.32. The van der Waals surface area contributed by atoms with Crippen LogP contribution in [0.25, 0.3) is 0 Å². The van der Waals surface area contributed by atoms with Gasteiger partial charge in [-0.25, -0.2) is 0 Å². The molecular weight excluding hydrogens is 232 g/mol. The molecule has 0 saturated heterocycles. The molecule has 0 aliphatic heterocycles. The van der Waals surface area contributed by atoms with E-state index in [0.29, 0.717) is 5.38 Å². The zero-order valence-electron chi connectivity index (χ0n) is 10.5. The van der Waals surface area contributed by atoms with Gasteiger partial charge in [0.15, 0.2) is 0 Å². The average molecular weight is 253 g/mol. The van der Waals surface area contributed by atoms with Crippen molar-refractivity contribution >= 4 is 11.6 Å². The third-order valence-corrected chi connectivity index (χ3v) is 4.02. The fourth-order valence-corrected chi connectivity index (χ4v) is 3.12. The lowest BCUT2D eigenvalue weighted by Gasteiger charge is -2.16. The van der Waals surface area contributed by atoms with Gasteiger partial charge in [-0.1, -0.05) is 31.4 Å². The second kappa shape index (κ2) is 6.30. The zero-order valence-corrected chi connectivity index (χ0v) is 11.2. The van der Waals surface area contributed by atoms with Crippen LogP contribution in [0.15, 0.2) is 24.3 Å². The van der Waals surface area contributed by atoms with Crippen molar-refractivity contribution in [2.24, 2.45) is 5.92 Å². The first kappa shape index (κ1) is 12.8. The molecule has 0 radical (unpaired) electrons. The Morgan fingerprint density at radius 1 is 1.29 bits per heavy atom. The molecule has 1 aliphatic carbocycles. The number of hydrogen-bond donors (Lipinski definition) is 0. The molecule has 0 heterocycles. The molecule has 1 aromatic rings. The quantitative estimate of drug-likeness (QED) is 0.571. The van der Waals surface area contributed by atoms with Crippen molar-refractivity contribution in [3.8, 4) is 5.75 Å². The Hall–Kier alpha value is -0.690. The van der Waals surface area contributed by atoms with Crippen LogP contribution in [0.1, 0.15) is 37.7 Å². The Labute approximate surface area is 109 Å². The van der Waals surface area contributed by atoms with Crippen LogP contribution in [0.4, 0.5) is 0 Å². The van der Waals surface area contributed by atoms with Gasteiger partial charge in [-0.05, 0) is 42.9 Å². The summed E-state index contributed by atoms with van der Waals surface area (Å²) in [6.45, 7) is 0. The fourth-order valence-electron chi connectivity index (χ4n) is 2.71. The van der Waals surface area contributed by atoms with Crippen molar-refractivity contribution in [2.45, 2.75) is 43.9 Å². The lowest BCUT2D eigenvalue weighted by molar-refractivity contribution is 0.412. The largest absolute Gasteiger partial charge is 0.497 e. The van der Waals surface area contributed by atoms with Crippen LogP contribution in [-0.2, 0) is 6.42 Å². The number of methoxy groups -OCH3 is 1. The molecular formula is C15H21ClO. The van der Waals surface area contributed by atoms with Gasteiger partial charge in [0, 0.05) is 5.38 Å². The molecule has 1 fully saturated rings. The van der Waals surface area contributed by atoms with E-state index in [1.807, 2.05) is 6.07 Å². The minimum Gasteiger partial charge on any atom is -0.497 e. The van der Waals surface area contributed by atoms with Crippen LogP contribution in [0.5, 0.6) is 5.75 Å². The van der Waals surface area contributed by atoms with E-state index in [1.165, 1.54) is 37.7 Å². The molecule has 2 rings (SSSR count). The third kappa shape index (κ3) is 3.92. The van der Waals surface area contributed by atoms with E-state index in [4.69, 9.17) is 16.3 Å². The number of halogens is 1. The van der Waals surface area contributed by atoms with Gasteiger partial charge in [0.2, 0.25) is 0 Å². The predicted octanol–water partition coefficient (Wildman–Crippen LogP) is 4.43. The Balaban J connectivity index is 1.98. The summed E-state index contributed by atoms with van der Waals surface area (Å²) in [4.78, 5) is 0. The topological polar surface area (TPSA) is 9.23 Å². The van der Waals surface area contributed by atoms with Crippen molar-refractivity contribution in [1.29, 1.82) is 0 Å². The van der Waals surface area contributed by atoms with E-state index in [-0.39, 0.29) is 0 Å². The zero-order chi connectivity index (χ0) is 12.1. The summed E-state index contributed by atoms with van der Waals surface area (Å²) in [7, 11) is 1.72. The smallest absolute Gasteiger partial charge is 0.119 e. The highest BCUT2D eigenvalue weighted by Gasteiger charge is 2.18. The summed E-state index contributed by atoms with van der Waals surface area (Å²) in [6, 6.07) is 8.41. The molecule has 2 unspecified atom stereocenters. The maximum atomic E-state index is 6.32. The van der Waals surface area contributed by atoms with E-state index in [2.05, 4.69) is 18.2 Å². The van der Waals surface area contributed by atoms with Crippen LogP contribution >= 0.6 is 11.6 Å². The van der Waals surface area contributed by atoms with Crippen LogP contribution in [0, 0.1) is 5.92 Å². The average Bonchev–Trinajstić information content (AvgIpc) is 2.54. The summed E-state index contributed by atoms with van der Waals surface area (Å²) in [5.74, 6) is 1.70. The maximum Gasteiger partial charge on any atom is 0.119 e. The summed E-state index contributed by atoms with van der Waals surface area (Å²) in [6.07, 6.45) is 7.44.